The zero-order chi connectivity index (χ0) is 14.1. The molecule has 1 N–H and O–H groups in total. The van der Waals surface area contributed by atoms with Gasteiger partial charge in [-0.25, -0.2) is 4.39 Å². The van der Waals surface area contributed by atoms with Crippen LogP contribution in [0.3, 0.4) is 0 Å². The molecule has 1 aromatic carbocycles. The Morgan fingerprint density at radius 2 is 2.25 bits per heavy atom. The number of nitrogens with zero attached hydrogens (tertiary/aromatic N) is 2. The molecule has 3 rings (SSSR count). The van der Waals surface area contributed by atoms with Crippen LogP contribution in [0.15, 0.2) is 18.2 Å². The van der Waals surface area contributed by atoms with Crippen molar-refractivity contribution in [3.63, 3.8) is 0 Å². The minimum absolute atomic E-state index is 0.168. The number of nitro groups is 1. The van der Waals surface area contributed by atoms with Crippen LogP contribution >= 0.6 is 0 Å². The van der Waals surface area contributed by atoms with Crippen LogP contribution in [0.4, 0.5) is 10.1 Å². The third-order valence-corrected chi connectivity index (χ3v) is 4.33. The third-order valence-electron chi connectivity index (χ3n) is 4.33. The summed E-state index contributed by atoms with van der Waals surface area (Å²) in [6, 6.07) is 4.33. The van der Waals surface area contributed by atoms with Crippen LogP contribution < -0.4 is 5.32 Å². The fourth-order valence-electron chi connectivity index (χ4n) is 3.42. The van der Waals surface area contributed by atoms with Gasteiger partial charge in [0.25, 0.3) is 5.69 Å². The molecule has 2 saturated heterocycles. The molecule has 2 atom stereocenters. The summed E-state index contributed by atoms with van der Waals surface area (Å²) in [6.45, 7) is 3.57. The normalized spacial score (nSPS) is 26.4. The Labute approximate surface area is 116 Å². The van der Waals surface area contributed by atoms with E-state index in [-0.39, 0.29) is 5.69 Å². The summed E-state index contributed by atoms with van der Waals surface area (Å²) in [6.07, 6.45) is 2.37. The van der Waals surface area contributed by atoms with Gasteiger partial charge in [-0.15, -0.1) is 0 Å². The predicted octanol–water partition coefficient (Wildman–Crippen LogP) is 1.92. The van der Waals surface area contributed by atoms with Crippen molar-refractivity contribution in [2.24, 2.45) is 5.92 Å². The van der Waals surface area contributed by atoms with Crippen LogP contribution in [-0.4, -0.2) is 35.5 Å². The fraction of sp³-hybridized carbons (Fsp3) is 0.571. The van der Waals surface area contributed by atoms with E-state index in [1.165, 1.54) is 18.6 Å². The highest BCUT2D eigenvalue weighted by Gasteiger charge is 2.34. The number of fused-ring (bicyclic) bond motifs is 1. The van der Waals surface area contributed by atoms with Crippen LogP contribution in [-0.2, 0) is 6.54 Å². The number of non-ortho nitro benzene ring substituents is 1. The first kappa shape index (κ1) is 13.5. The first-order valence-corrected chi connectivity index (χ1v) is 7.02. The van der Waals surface area contributed by atoms with E-state index in [4.69, 9.17) is 0 Å². The largest absolute Gasteiger partial charge is 0.315 e. The number of hydrogen-bond acceptors (Lipinski definition) is 4. The Hall–Kier alpha value is -1.53. The average Bonchev–Trinajstić information content (AvgIpc) is 2.87. The van der Waals surface area contributed by atoms with E-state index in [1.807, 2.05) is 0 Å². The molecule has 2 aliphatic rings. The molecule has 2 unspecified atom stereocenters. The molecule has 0 spiro atoms. The van der Waals surface area contributed by atoms with Gasteiger partial charge in [-0.05, 0) is 43.5 Å². The zero-order valence-electron chi connectivity index (χ0n) is 11.2. The van der Waals surface area contributed by atoms with E-state index in [9.17, 15) is 14.5 Å². The lowest BCUT2D eigenvalue weighted by Gasteiger charge is -2.37. The van der Waals surface area contributed by atoms with Crippen LogP contribution in [0.25, 0.3) is 0 Å². The van der Waals surface area contributed by atoms with Gasteiger partial charge in [-0.2, -0.15) is 0 Å². The molecule has 6 heteroatoms. The van der Waals surface area contributed by atoms with E-state index in [0.717, 1.165) is 32.1 Å². The standard InChI is InChI=1S/C14H18FN3O2/c15-12-4-10(5-13(6-12)18(19)20)9-17-3-1-2-11-7-16-8-14(11)17/h4-6,11,14,16H,1-3,7-9H2. The Kier molecular flexibility index (Phi) is 3.67. The highest BCUT2D eigenvalue weighted by molar-refractivity contribution is 5.35. The molecular weight excluding hydrogens is 261 g/mol. The molecule has 108 valence electrons. The minimum Gasteiger partial charge on any atom is -0.315 e. The van der Waals surface area contributed by atoms with Crippen LogP contribution in [0, 0.1) is 21.8 Å². The number of nitro benzene ring substituents is 1. The van der Waals surface area contributed by atoms with Gasteiger partial charge < -0.3 is 5.32 Å². The first-order chi connectivity index (χ1) is 9.63. The number of nitrogens with one attached hydrogen (secondary N) is 1. The lowest BCUT2D eigenvalue weighted by atomic mass is 9.91. The molecule has 2 heterocycles. The maximum atomic E-state index is 13.5. The quantitative estimate of drug-likeness (QED) is 0.678. The maximum Gasteiger partial charge on any atom is 0.272 e. The number of piperidine rings is 1. The third kappa shape index (κ3) is 2.66. The smallest absolute Gasteiger partial charge is 0.272 e. The van der Waals surface area contributed by atoms with Crippen LogP contribution in [0.5, 0.6) is 0 Å². The Morgan fingerprint density at radius 1 is 1.40 bits per heavy atom. The van der Waals surface area contributed by atoms with Crippen LogP contribution in [0.2, 0.25) is 0 Å². The van der Waals surface area contributed by atoms with Crippen molar-refractivity contribution in [1.82, 2.24) is 10.2 Å². The molecular formula is C14H18FN3O2. The molecule has 2 fully saturated rings. The first-order valence-electron chi connectivity index (χ1n) is 7.02. The van der Waals surface area contributed by atoms with Gasteiger partial charge in [0.05, 0.1) is 11.0 Å². The van der Waals surface area contributed by atoms with Crippen molar-refractivity contribution < 1.29 is 9.31 Å². The topological polar surface area (TPSA) is 58.4 Å². The molecule has 2 aliphatic heterocycles. The lowest BCUT2D eigenvalue weighted by molar-refractivity contribution is -0.385. The van der Waals surface area contributed by atoms with Gasteiger partial charge in [0.2, 0.25) is 0 Å². The van der Waals surface area contributed by atoms with Crippen molar-refractivity contribution in [2.45, 2.75) is 25.4 Å². The Morgan fingerprint density at radius 3 is 3.05 bits per heavy atom. The van der Waals surface area contributed by atoms with E-state index in [0.29, 0.717) is 24.1 Å². The number of rotatable bonds is 3. The highest BCUT2D eigenvalue weighted by Crippen LogP contribution is 2.28. The lowest BCUT2D eigenvalue weighted by Crippen LogP contribution is -2.44. The second kappa shape index (κ2) is 5.46. The fourth-order valence-corrected chi connectivity index (χ4v) is 3.42. The number of hydrogen-bond donors (Lipinski definition) is 1. The molecule has 0 aromatic heterocycles. The highest BCUT2D eigenvalue weighted by atomic mass is 19.1. The van der Waals surface area contributed by atoms with Gasteiger partial charge in [0.1, 0.15) is 5.82 Å². The van der Waals surface area contributed by atoms with Crippen molar-refractivity contribution >= 4 is 5.69 Å². The van der Waals surface area contributed by atoms with E-state index >= 15 is 0 Å². The van der Waals surface area contributed by atoms with Crippen molar-refractivity contribution in [1.29, 1.82) is 0 Å². The van der Waals surface area contributed by atoms with Gasteiger partial charge in [-0.1, -0.05) is 0 Å². The van der Waals surface area contributed by atoms with Gasteiger partial charge in [0, 0.05) is 25.2 Å². The van der Waals surface area contributed by atoms with Gasteiger partial charge in [-0.3, -0.25) is 15.0 Å². The summed E-state index contributed by atoms with van der Waals surface area (Å²) in [5, 5.41) is 14.2. The summed E-state index contributed by atoms with van der Waals surface area (Å²) in [7, 11) is 0. The summed E-state index contributed by atoms with van der Waals surface area (Å²) in [4.78, 5) is 12.6. The number of likely N-dealkylation sites (tertiary alicyclic amines) is 1. The molecule has 0 amide bonds. The Bertz CT molecular complexity index is 523. The SMILES string of the molecule is O=[N+]([O-])c1cc(F)cc(CN2CCCC3CNCC32)c1. The van der Waals surface area contributed by atoms with Crippen molar-refractivity contribution in [3.05, 3.63) is 39.7 Å². The number of benzene rings is 1. The zero-order valence-corrected chi connectivity index (χ0v) is 11.2. The molecule has 1 aromatic rings. The summed E-state index contributed by atoms with van der Waals surface area (Å²) >= 11 is 0. The van der Waals surface area contributed by atoms with Gasteiger partial charge in [0.15, 0.2) is 0 Å². The second-order valence-electron chi connectivity index (χ2n) is 5.67. The average molecular weight is 279 g/mol. The summed E-state index contributed by atoms with van der Waals surface area (Å²) in [5.74, 6) is 0.125. The predicted molar refractivity (Wildman–Crippen MR) is 72.8 cm³/mol. The summed E-state index contributed by atoms with van der Waals surface area (Å²) in [5.41, 5.74) is 0.516. The molecule has 0 aliphatic carbocycles. The van der Waals surface area contributed by atoms with E-state index < -0.39 is 10.7 Å². The molecule has 5 nitrogen and oxygen atoms in total. The minimum atomic E-state index is -0.539. The van der Waals surface area contributed by atoms with E-state index in [2.05, 4.69) is 10.2 Å². The van der Waals surface area contributed by atoms with Crippen LogP contribution in [0.1, 0.15) is 18.4 Å². The van der Waals surface area contributed by atoms with Crippen molar-refractivity contribution in [2.75, 3.05) is 19.6 Å². The summed E-state index contributed by atoms with van der Waals surface area (Å²) < 4.78 is 13.5. The van der Waals surface area contributed by atoms with Crippen molar-refractivity contribution in [3.8, 4) is 0 Å². The molecule has 20 heavy (non-hydrogen) atoms. The van der Waals surface area contributed by atoms with E-state index in [1.54, 1.807) is 0 Å². The molecule has 0 saturated carbocycles. The molecule has 0 bridgehead atoms. The molecule has 0 radical (unpaired) electrons. The maximum absolute atomic E-state index is 13.5. The monoisotopic (exact) mass is 279 g/mol. The van der Waals surface area contributed by atoms with Gasteiger partial charge >= 0.3 is 0 Å². The Balaban J connectivity index is 1.78. The number of halogens is 1. The second-order valence-corrected chi connectivity index (χ2v) is 5.67.